The number of benzene rings is 1. The predicted octanol–water partition coefficient (Wildman–Crippen LogP) is 2.07. The number of rotatable bonds is 3. The van der Waals surface area contributed by atoms with Crippen molar-refractivity contribution in [2.75, 3.05) is 6.54 Å². The fourth-order valence-corrected chi connectivity index (χ4v) is 2.61. The number of nitrogens with zero attached hydrogens (tertiary/aromatic N) is 2. The van der Waals surface area contributed by atoms with Gasteiger partial charge in [0.05, 0.1) is 6.20 Å². The summed E-state index contributed by atoms with van der Waals surface area (Å²) >= 11 is 0. The minimum atomic E-state index is -0.486. The molecule has 0 saturated heterocycles. The van der Waals surface area contributed by atoms with Crippen LogP contribution >= 0.6 is 0 Å². The highest BCUT2D eigenvalue weighted by Gasteiger charge is 2.26. The number of hydrogen-bond acceptors (Lipinski definition) is 3. The molecule has 2 heterocycles. The number of aromatic nitrogens is 2. The molecule has 1 amide bonds. The van der Waals surface area contributed by atoms with Crippen molar-refractivity contribution in [2.24, 2.45) is 0 Å². The monoisotopic (exact) mass is 285 g/mol. The van der Waals surface area contributed by atoms with Gasteiger partial charge >= 0.3 is 0 Å². The van der Waals surface area contributed by atoms with Crippen LogP contribution in [0.3, 0.4) is 0 Å². The summed E-state index contributed by atoms with van der Waals surface area (Å²) in [6.07, 6.45) is 2.12. The van der Waals surface area contributed by atoms with Crippen LogP contribution in [0.4, 0.5) is 0 Å². The molecule has 1 aliphatic heterocycles. The number of aromatic amines is 1. The van der Waals surface area contributed by atoms with Crippen molar-refractivity contribution in [3.8, 4) is 5.75 Å². The largest absolute Gasteiger partial charge is 0.481 e. The van der Waals surface area contributed by atoms with E-state index in [9.17, 15) is 4.79 Å². The molecule has 0 aliphatic carbocycles. The zero-order valence-corrected chi connectivity index (χ0v) is 12.3. The highest BCUT2D eigenvalue weighted by molar-refractivity contribution is 5.81. The van der Waals surface area contributed by atoms with Gasteiger partial charge in [-0.05, 0) is 31.5 Å². The van der Waals surface area contributed by atoms with E-state index in [2.05, 4.69) is 10.2 Å². The number of aryl methyl sites for hydroxylation is 1. The lowest BCUT2D eigenvalue weighted by Gasteiger charge is -2.29. The zero-order chi connectivity index (χ0) is 14.8. The Labute approximate surface area is 123 Å². The summed E-state index contributed by atoms with van der Waals surface area (Å²) in [5.74, 6) is 0.750. The Morgan fingerprint density at radius 3 is 3.14 bits per heavy atom. The molecule has 0 radical (unpaired) electrons. The van der Waals surface area contributed by atoms with E-state index in [4.69, 9.17) is 4.74 Å². The van der Waals surface area contributed by atoms with E-state index < -0.39 is 6.10 Å². The highest BCUT2D eigenvalue weighted by atomic mass is 16.5. The molecule has 1 aromatic carbocycles. The number of ether oxygens (including phenoxy) is 1. The summed E-state index contributed by atoms with van der Waals surface area (Å²) in [7, 11) is 0. The molecular formula is C16H19N3O2. The first kappa shape index (κ1) is 13.7. The summed E-state index contributed by atoms with van der Waals surface area (Å²) in [6, 6.07) is 7.75. The van der Waals surface area contributed by atoms with Crippen LogP contribution < -0.4 is 4.74 Å². The number of carbonyl (C=O) groups is 1. The number of fused-ring (bicyclic) bond motifs is 1. The predicted molar refractivity (Wildman–Crippen MR) is 79.0 cm³/mol. The maximum absolute atomic E-state index is 12.5. The topological polar surface area (TPSA) is 58.2 Å². The van der Waals surface area contributed by atoms with E-state index >= 15 is 0 Å². The van der Waals surface area contributed by atoms with Gasteiger partial charge in [-0.15, -0.1) is 0 Å². The Bertz CT molecular complexity index is 650. The molecule has 0 saturated carbocycles. The average molecular weight is 285 g/mol. The van der Waals surface area contributed by atoms with Gasteiger partial charge < -0.3 is 9.64 Å². The minimum Gasteiger partial charge on any atom is -0.481 e. The molecular weight excluding hydrogens is 266 g/mol. The normalized spacial score (nSPS) is 15.4. The van der Waals surface area contributed by atoms with Crippen molar-refractivity contribution in [3.05, 3.63) is 47.3 Å². The summed E-state index contributed by atoms with van der Waals surface area (Å²) in [5.41, 5.74) is 3.34. The minimum absolute atomic E-state index is 0.0170. The van der Waals surface area contributed by atoms with E-state index in [-0.39, 0.29) is 5.91 Å². The van der Waals surface area contributed by atoms with Crippen molar-refractivity contribution < 1.29 is 9.53 Å². The van der Waals surface area contributed by atoms with E-state index in [1.165, 1.54) is 0 Å². The van der Waals surface area contributed by atoms with Crippen molar-refractivity contribution in [2.45, 2.75) is 32.9 Å². The van der Waals surface area contributed by atoms with Gasteiger partial charge in [-0.25, -0.2) is 0 Å². The second-order valence-electron chi connectivity index (χ2n) is 5.46. The number of amides is 1. The van der Waals surface area contributed by atoms with E-state index in [0.717, 1.165) is 29.0 Å². The van der Waals surface area contributed by atoms with Crippen LogP contribution in [0.25, 0.3) is 0 Å². The first-order chi connectivity index (χ1) is 10.1. The van der Waals surface area contributed by atoms with Crippen molar-refractivity contribution in [1.29, 1.82) is 0 Å². The van der Waals surface area contributed by atoms with Crippen LogP contribution in [0.15, 0.2) is 30.5 Å². The third-order valence-electron chi connectivity index (χ3n) is 3.76. The molecule has 1 aliphatic rings. The summed E-state index contributed by atoms with van der Waals surface area (Å²) in [6.45, 7) is 5.11. The van der Waals surface area contributed by atoms with Crippen LogP contribution in [0.2, 0.25) is 0 Å². The lowest BCUT2D eigenvalue weighted by molar-refractivity contribution is -0.138. The van der Waals surface area contributed by atoms with Crippen LogP contribution in [0.5, 0.6) is 5.75 Å². The number of hydrogen-bond donors (Lipinski definition) is 1. The third kappa shape index (κ3) is 2.91. The molecule has 0 unspecified atom stereocenters. The Balaban J connectivity index is 1.65. The molecule has 110 valence electrons. The van der Waals surface area contributed by atoms with Crippen LogP contribution in [0, 0.1) is 6.92 Å². The SMILES string of the molecule is Cc1cccc(O[C@H](C)C(=O)N2CCc3[nH]ncc3C2)c1. The molecule has 5 heteroatoms. The Hall–Kier alpha value is -2.30. The lowest BCUT2D eigenvalue weighted by atomic mass is 10.1. The Morgan fingerprint density at radius 1 is 1.48 bits per heavy atom. The smallest absolute Gasteiger partial charge is 0.263 e. The quantitative estimate of drug-likeness (QED) is 0.939. The third-order valence-corrected chi connectivity index (χ3v) is 3.76. The molecule has 1 atom stereocenters. The number of nitrogens with one attached hydrogen (secondary N) is 1. The number of carbonyl (C=O) groups excluding carboxylic acids is 1. The van der Waals surface area contributed by atoms with Gasteiger partial charge in [-0.2, -0.15) is 5.10 Å². The molecule has 0 bridgehead atoms. The molecule has 21 heavy (non-hydrogen) atoms. The van der Waals surface area contributed by atoms with E-state index in [1.807, 2.05) is 36.1 Å². The zero-order valence-electron chi connectivity index (χ0n) is 12.3. The van der Waals surface area contributed by atoms with Gasteiger partial charge in [0.2, 0.25) is 0 Å². The maximum atomic E-state index is 12.5. The van der Waals surface area contributed by atoms with Crippen molar-refractivity contribution in [3.63, 3.8) is 0 Å². The van der Waals surface area contributed by atoms with Crippen LogP contribution in [0.1, 0.15) is 23.7 Å². The fourth-order valence-electron chi connectivity index (χ4n) is 2.61. The number of H-pyrrole nitrogens is 1. The second-order valence-corrected chi connectivity index (χ2v) is 5.46. The molecule has 1 N–H and O–H groups in total. The second kappa shape index (κ2) is 5.60. The fraction of sp³-hybridized carbons (Fsp3) is 0.375. The van der Waals surface area contributed by atoms with Crippen LogP contribution in [-0.4, -0.2) is 33.7 Å². The summed E-state index contributed by atoms with van der Waals surface area (Å²) in [5, 5.41) is 7.00. The molecule has 1 aromatic heterocycles. The van der Waals surface area contributed by atoms with Crippen molar-refractivity contribution >= 4 is 5.91 Å². The van der Waals surface area contributed by atoms with E-state index in [0.29, 0.717) is 13.1 Å². The Kier molecular flexibility index (Phi) is 3.64. The van der Waals surface area contributed by atoms with Gasteiger partial charge in [-0.3, -0.25) is 9.89 Å². The summed E-state index contributed by atoms with van der Waals surface area (Å²) in [4.78, 5) is 14.3. The molecule has 2 aromatic rings. The van der Waals surface area contributed by atoms with Gasteiger partial charge in [0.15, 0.2) is 6.10 Å². The maximum Gasteiger partial charge on any atom is 0.263 e. The molecule has 3 rings (SSSR count). The Morgan fingerprint density at radius 2 is 2.33 bits per heavy atom. The van der Waals surface area contributed by atoms with Gasteiger partial charge in [0.25, 0.3) is 5.91 Å². The standard InChI is InChI=1S/C16H19N3O2/c1-11-4-3-5-14(8-11)21-12(2)16(20)19-7-6-15-13(10-19)9-17-18-15/h3-5,8-9,12H,6-7,10H2,1-2H3,(H,17,18)/t12-/m1/s1. The first-order valence-corrected chi connectivity index (χ1v) is 7.16. The highest BCUT2D eigenvalue weighted by Crippen LogP contribution is 2.19. The van der Waals surface area contributed by atoms with E-state index in [1.54, 1.807) is 13.1 Å². The molecule has 0 spiro atoms. The van der Waals surface area contributed by atoms with Crippen molar-refractivity contribution in [1.82, 2.24) is 15.1 Å². The average Bonchev–Trinajstić information content (AvgIpc) is 2.93. The molecule has 5 nitrogen and oxygen atoms in total. The first-order valence-electron chi connectivity index (χ1n) is 7.16. The summed E-state index contributed by atoms with van der Waals surface area (Å²) < 4.78 is 5.76. The van der Waals surface area contributed by atoms with Gasteiger partial charge in [-0.1, -0.05) is 12.1 Å². The molecule has 0 fully saturated rings. The lowest BCUT2D eigenvalue weighted by Crippen LogP contribution is -2.43. The van der Waals surface area contributed by atoms with Gasteiger partial charge in [0.1, 0.15) is 5.75 Å². The van der Waals surface area contributed by atoms with Gasteiger partial charge in [0, 0.05) is 30.8 Å². The van der Waals surface area contributed by atoms with Crippen LogP contribution in [-0.2, 0) is 17.8 Å².